The van der Waals surface area contributed by atoms with Gasteiger partial charge in [-0.15, -0.1) is 0 Å². The van der Waals surface area contributed by atoms with Gasteiger partial charge in [-0.3, -0.25) is 4.79 Å². The molecule has 0 spiro atoms. The summed E-state index contributed by atoms with van der Waals surface area (Å²) in [5.74, 6) is -0.0340. The van der Waals surface area contributed by atoms with Crippen LogP contribution in [0.1, 0.15) is 44.1 Å². The molecule has 4 heteroatoms. The molecule has 0 bridgehead atoms. The van der Waals surface area contributed by atoms with Crippen LogP contribution >= 0.6 is 0 Å². The van der Waals surface area contributed by atoms with Gasteiger partial charge in [0.2, 0.25) is 5.91 Å². The first-order valence-corrected chi connectivity index (χ1v) is 7.88. The van der Waals surface area contributed by atoms with Gasteiger partial charge in [0.15, 0.2) is 0 Å². The summed E-state index contributed by atoms with van der Waals surface area (Å²) < 4.78 is 13.4. The van der Waals surface area contributed by atoms with E-state index in [0.717, 1.165) is 44.1 Å². The van der Waals surface area contributed by atoms with Gasteiger partial charge >= 0.3 is 0 Å². The van der Waals surface area contributed by atoms with Crippen molar-refractivity contribution in [3.05, 3.63) is 35.6 Å². The average Bonchev–Trinajstić information content (AvgIpc) is 3.26. The molecule has 0 radical (unpaired) electrons. The van der Waals surface area contributed by atoms with Crippen molar-refractivity contribution in [2.24, 2.45) is 11.7 Å². The van der Waals surface area contributed by atoms with Crippen molar-refractivity contribution >= 4 is 5.91 Å². The van der Waals surface area contributed by atoms with Crippen molar-refractivity contribution in [3.63, 3.8) is 0 Å². The quantitative estimate of drug-likeness (QED) is 0.895. The highest BCUT2D eigenvalue weighted by molar-refractivity contribution is 5.79. The van der Waals surface area contributed by atoms with E-state index in [4.69, 9.17) is 5.73 Å². The highest BCUT2D eigenvalue weighted by Gasteiger charge is 2.44. The zero-order chi connectivity index (χ0) is 14.9. The van der Waals surface area contributed by atoms with Crippen LogP contribution < -0.4 is 11.1 Å². The van der Waals surface area contributed by atoms with Crippen LogP contribution in [0.5, 0.6) is 0 Å². The van der Waals surface area contributed by atoms with Crippen molar-refractivity contribution in [1.29, 1.82) is 0 Å². The Morgan fingerprint density at radius 1 is 1.38 bits per heavy atom. The first-order valence-electron chi connectivity index (χ1n) is 7.88. The van der Waals surface area contributed by atoms with E-state index in [0.29, 0.717) is 6.54 Å². The predicted octanol–water partition coefficient (Wildman–Crippen LogP) is 2.49. The summed E-state index contributed by atoms with van der Waals surface area (Å²) in [5, 5.41) is 3.08. The Kier molecular flexibility index (Phi) is 3.98. The third-order valence-corrected chi connectivity index (χ3v) is 4.98. The van der Waals surface area contributed by atoms with Gasteiger partial charge in [0, 0.05) is 23.9 Å². The van der Waals surface area contributed by atoms with Crippen LogP contribution in [0.15, 0.2) is 24.3 Å². The van der Waals surface area contributed by atoms with Crippen LogP contribution in [0.2, 0.25) is 0 Å². The topological polar surface area (TPSA) is 55.1 Å². The molecule has 2 atom stereocenters. The molecule has 0 saturated heterocycles. The number of benzene rings is 1. The normalized spacial score (nSPS) is 27.1. The first-order chi connectivity index (χ1) is 10.1. The molecule has 2 saturated carbocycles. The van der Waals surface area contributed by atoms with Crippen LogP contribution in [-0.4, -0.2) is 18.5 Å². The largest absolute Gasteiger partial charge is 0.355 e. The van der Waals surface area contributed by atoms with Gasteiger partial charge in [-0.25, -0.2) is 4.39 Å². The van der Waals surface area contributed by atoms with E-state index in [1.807, 2.05) is 6.07 Å². The molecule has 3 nitrogen and oxygen atoms in total. The van der Waals surface area contributed by atoms with Gasteiger partial charge in [-0.05, 0) is 49.8 Å². The Bertz CT molecular complexity index is 527. The number of nitrogens with two attached hydrogens (primary N) is 1. The van der Waals surface area contributed by atoms with E-state index in [2.05, 4.69) is 5.32 Å². The predicted molar refractivity (Wildman–Crippen MR) is 80.3 cm³/mol. The number of hydrogen-bond donors (Lipinski definition) is 2. The summed E-state index contributed by atoms with van der Waals surface area (Å²) >= 11 is 0. The lowest BCUT2D eigenvalue weighted by Crippen LogP contribution is -2.40. The molecule has 1 aromatic carbocycles. The Balaban J connectivity index is 1.58. The van der Waals surface area contributed by atoms with Crippen molar-refractivity contribution in [1.82, 2.24) is 5.32 Å². The third kappa shape index (κ3) is 3.26. The summed E-state index contributed by atoms with van der Waals surface area (Å²) in [6.07, 6.45) is 5.82. The van der Waals surface area contributed by atoms with Crippen molar-refractivity contribution in [2.75, 3.05) is 6.54 Å². The molecule has 0 aliphatic heterocycles. The van der Waals surface area contributed by atoms with E-state index in [1.54, 1.807) is 12.1 Å². The monoisotopic (exact) mass is 290 g/mol. The van der Waals surface area contributed by atoms with Gasteiger partial charge < -0.3 is 11.1 Å². The number of carbonyl (C=O) groups excluding carboxylic acids is 1. The van der Waals surface area contributed by atoms with Gasteiger partial charge in [-0.1, -0.05) is 18.6 Å². The molecule has 21 heavy (non-hydrogen) atoms. The maximum atomic E-state index is 13.4. The lowest BCUT2D eigenvalue weighted by molar-refractivity contribution is -0.126. The number of nitrogens with one attached hydrogen (secondary N) is 1. The smallest absolute Gasteiger partial charge is 0.223 e. The van der Waals surface area contributed by atoms with E-state index in [1.165, 1.54) is 6.07 Å². The van der Waals surface area contributed by atoms with Crippen LogP contribution in [0.4, 0.5) is 4.39 Å². The summed E-state index contributed by atoms with van der Waals surface area (Å²) in [6.45, 7) is 0.612. The van der Waals surface area contributed by atoms with Crippen LogP contribution in [-0.2, 0) is 10.2 Å². The molecule has 2 aliphatic rings. The van der Waals surface area contributed by atoms with Crippen molar-refractivity contribution < 1.29 is 9.18 Å². The SMILES string of the molecule is NC1CCCC(C(=O)NCC2(c3cccc(F)c3)CC2)C1. The molecule has 1 aromatic rings. The van der Waals surface area contributed by atoms with Crippen molar-refractivity contribution in [2.45, 2.75) is 50.0 Å². The van der Waals surface area contributed by atoms with Crippen LogP contribution in [0.3, 0.4) is 0 Å². The molecule has 1 amide bonds. The lowest BCUT2D eigenvalue weighted by atomic mass is 9.85. The molecular weight excluding hydrogens is 267 g/mol. The molecule has 2 aliphatic carbocycles. The maximum Gasteiger partial charge on any atom is 0.223 e. The van der Waals surface area contributed by atoms with Gasteiger partial charge in [0.1, 0.15) is 5.82 Å². The molecule has 3 N–H and O–H groups in total. The first kappa shape index (κ1) is 14.5. The van der Waals surface area contributed by atoms with Gasteiger partial charge in [-0.2, -0.15) is 0 Å². The average molecular weight is 290 g/mol. The minimum atomic E-state index is -0.205. The molecule has 0 heterocycles. The Labute approximate surface area is 125 Å². The fourth-order valence-corrected chi connectivity index (χ4v) is 3.40. The van der Waals surface area contributed by atoms with E-state index >= 15 is 0 Å². The molecule has 2 unspecified atom stereocenters. The van der Waals surface area contributed by atoms with Gasteiger partial charge in [0.05, 0.1) is 0 Å². The number of halogens is 1. The molecule has 3 rings (SSSR count). The summed E-state index contributed by atoms with van der Waals surface area (Å²) in [6, 6.07) is 6.91. The molecule has 0 aromatic heterocycles. The fraction of sp³-hybridized carbons (Fsp3) is 0.588. The highest BCUT2D eigenvalue weighted by atomic mass is 19.1. The van der Waals surface area contributed by atoms with E-state index in [9.17, 15) is 9.18 Å². The van der Waals surface area contributed by atoms with E-state index in [-0.39, 0.29) is 29.1 Å². The zero-order valence-corrected chi connectivity index (χ0v) is 12.3. The molecule has 114 valence electrons. The summed E-state index contributed by atoms with van der Waals surface area (Å²) in [4.78, 5) is 12.3. The Morgan fingerprint density at radius 3 is 2.86 bits per heavy atom. The minimum absolute atomic E-state index is 0.0471. The minimum Gasteiger partial charge on any atom is -0.355 e. The molecular formula is C17H23FN2O. The fourth-order valence-electron chi connectivity index (χ4n) is 3.40. The summed E-state index contributed by atoms with van der Waals surface area (Å²) in [5.41, 5.74) is 6.90. The number of carbonyl (C=O) groups is 1. The second-order valence-corrected chi connectivity index (χ2v) is 6.63. The number of rotatable bonds is 4. The molecule has 2 fully saturated rings. The standard InChI is InChI=1S/C17H23FN2O/c18-14-5-2-4-13(10-14)17(7-8-17)11-20-16(21)12-3-1-6-15(19)9-12/h2,4-5,10,12,15H,1,3,6-9,11,19H2,(H,20,21). The second-order valence-electron chi connectivity index (χ2n) is 6.63. The van der Waals surface area contributed by atoms with Gasteiger partial charge in [0.25, 0.3) is 0 Å². The second kappa shape index (κ2) is 5.76. The Hall–Kier alpha value is -1.42. The van der Waals surface area contributed by atoms with E-state index < -0.39 is 0 Å². The van der Waals surface area contributed by atoms with Crippen LogP contribution in [0.25, 0.3) is 0 Å². The van der Waals surface area contributed by atoms with Crippen LogP contribution in [0, 0.1) is 11.7 Å². The highest BCUT2D eigenvalue weighted by Crippen LogP contribution is 2.47. The van der Waals surface area contributed by atoms with Crippen molar-refractivity contribution in [3.8, 4) is 0 Å². The third-order valence-electron chi connectivity index (χ3n) is 4.98. The number of amides is 1. The summed E-state index contributed by atoms with van der Waals surface area (Å²) in [7, 11) is 0. The number of hydrogen-bond acceptors (Lipinski definition) is 2. The zero-order valence-electron chi connectivity index (χ0n) is 12.3. The maximum absolute atomic E-state index is 13.4. The lowest BCUT2D eigenvalue weighted by Gasteiger charge is -2.26. The Morgan fingerprint density at radius 2 is 2.19 bits per heavy atom.